The highest BCUT2D eigenvalue weighted by molar-refractivity contribution is 7.99. The van der Waals surface area contributed by atoms with Crippen LogP contribution < -0.4 is 5.73 Å². The molecule has 0 aromatic heterocycles. The Hall–Kier alpha value is -0.740. The van der Waals surface area contributed by atoms with Gasteiger partial charge in [0, 0.05) is 21.7 Å². The van der Waals surface area contributed by atoms with E-state index in [1.165, 1.54) is 6.07 Å². The zero-order chi connectivity index (χ0) is 14.5. The van der Waals surface area contributed by atoms with Gasteiger partial charge in [0.25, 0.3) is 0 Å². The van der Waals surface area contributed by atoms with Crippen LogP contribution in [0.5, 0.6) is 0 Å². The van der Waals surface area contributed by atoms with Gasteiger partial charge in [0.1, 0.15) is 5.82 Å². The maximum Gasteiger partial charge on any atom is 0.141 e. The third kappa shape index (κ3) is 4.67. The average Bonchev–Trinajstić information content (AvgIpc) is 2.41. The maximum atomic E-state index is 13.1. The van der Waals surface area contributed by atoms with Crippen LogP contribution in [0, 0.1) is 5.82 Å². The molecule has 1 unspecified atom stereocenters. The highest BCUT2D eigenvalue weighted by atomic mass is 35.5. The third-order valence-corrected chi connectivity index (χ3v) is 4.45. The first-order valence-corrected chi connectivity index (χ1v) is 7.86. The van der Waals surface area contributed by atoms with Crippen LogP contribution in [0.2, 0.25) is 10.0 Å². The molecule has 2 aromatic carbocycles. The van der Waals surface area contributed by atoms with Crippen molar-refractivity contribution in [2.45, 2.75) is 17.4 Å². The molecule has 0 aliphatic rings. The molecule has 1 atom stereocenters. The lowest BCUT2D eigenvalue weighted by atomic mass is 10.1. The van der Waals surface area contributed by atoms with Gasteiger partial charge in [-0.2, -0.15) is 0 Å². The molecule has 2 N–H and O–H groups in total. The Morgan fingerprint density at radius 1 is 1.15 bits per heavy atom. The van der Waals surface area contributed by atoms with E-state index in [1.54, 1.807) is 23.9 Å². The molecule has 20 heavy (non-hydrogen) atoms. The van der Waals surface area contributed by atoms with E-state index >= 15 is 0 Å². The van der Waals surface area contributed by atoms with Gasteiger partial charge in [0.15, 0.2) is 0 Å². The molecule has 0 saturated carbocycles. The molecule has 0 fully saturated rings. The van der Waals surface area contributed by atoms with Gasteiger partial charge in [-0.25, -0.2) is 4.39 Å². The Morgan fingerprint density at radius 2 is 1.95 bits per heavy atom. The van der Waals surface area contributed by atoms with Gasteiger partial charge in [0.05, 0.1) is 5.02 Å². The number of rotatable bonds is 5. The van der Waals surface area contributed by atoms with Crippen LogP contribution in [0.25, 0.3) is 0 Å². The second-order valence-electron chi connectivity index (χ2n) is 4.48. The predicted octanol–water partition coefficient (Wildman–Crippen LogP) is 4.79. The Morgan fingerprint density at radius 3 is 2.65 bits per heavy atom. The smallest absolute Gasteiger partial charge is 0.141 e. The van der Waals surface area contributed by atoms with Gasteiger partial charge >= 0.3 is 0 Å². The van der Waals surface area contributed by atoms with Crippen molar-refractivity contribution in [1.82, 2.24) is 0 Å². The molecular weight excluding hydrogens is 316 g/mol. The van der Waals surface area contributed by atoms with Gasteiger partial charge in [-0.3, -0.25) is 0 Å². The van der Waals surface area contributed by atoms with Gasteiger partial charge < -0.3 is 5.73 Å². The van der Waals surface area contributed by atoms with Gasteiger partial charge in [-0.05, 0) is 42.3 Å². The molecule has 0 saturated heterocycles. The molecule has 5 heteroatoms. The molecule has 0 bridgehead atoms. The van der Waals surface area contributed by atoms with Crippen LogP contribution in [0.3, 0.4) is 0 Å². The predicted molar refractivity (Wildman–Crippen MR) is 85.3 cm³/mol. The standard InChI is InChI=1S/C15H14Cl2FNS/c16-11-2-1-3-13(8-11)20-9-12(19)6-10-4-5-15(18)14(17)7-10/h1-5,7-8,12H,6,9,19H2. The fraction of sp³-hybridized carbons (Fsp3) is 0.200. The molecule has 2 aromatic rings. The lowest BCUT2D eigenvalue weighted by Gasteiger charge is -2.12. The van der Waals surface area contributed by atoms with Crippen LogP contribution in [0.15, 0.2) is 47.4 Å². The Bertz CT molecular complexity index is 592. The molecule has 0 aliphatic heterocycles. The van der Waals surface area contributed by atoms with Crippen LogP contribution in [-0.2, 0) is 6.42 Å². The zero-order valence-electron chi connectivity index (χ0n) is 10.7. The number of thioether (sulfide) groups is 1. The summed E-state index contributed by atoms with van der Waals surface area (Å²) in [6.45, 7) is 0. The lowest BCUT2D eigenvalue weighted by Crippen LogP contribution is -2.25. The van der Waals surface area contributed by atoms with Crippen molar-refractivity contribution in [3.63, 3.8) is 0 Å². The van der Waals surface area contributed by atoms with E-state index in [9.17, 15) is 4.39 Å². The van der Waals surface area contributed by atoms with Crippen molar-refractivity contribution in [2.24, 2.45) is 5.73 Å². The summed E-state index contributed by atoms with van der Waals surface area (Å²) in [6, 6.07) is 12.3. The molecule has 0 spiro atoms. The summed E-state index contributed by atoms with van der Waals surface area (Å²) >= 11 is 13.3. The SMILES string of the molecule is NC(CSc1cccc(Cl)c1)Cc1ccc(F)c(Cl)c1. The Balaban J connectivity index is 1.89. The summed E-state index contributed by atoms with van der Waals surface area (Å²) in [5.41, 5.74) is 7.03. The summed E-state index contributed by atoms with van der Waals surface area (Å²) < 4.78 is 13.1. The molecule has 1 nitrogen and oxygen atoms in total. The summed E-state index contributed by atoms with van der Waals surface area (Å²) in [7, 11) is 0. The van der Waals surface area contributed by atoms with Crippen molar-refractivity contribution >= 4 is 35.0 Å². The third-order valence-electron chi connectivity index (χ3n) is 2.74. The molecule has 0 radical (unpaired) electrons. The summed E-state index contributed by atoms with van der Waals surface area (Å²) in [5, 5.41) is 0.853. The molecule has 0 amide bonds. The largest absolute Gasteiger partial charge is 0.327 e. The summed E-state index contributed by atoms with van der Waals surface area (Å²) in [5.74, 6) is 0.354. The average molecular weight is 330 g/mol. The van der Waals surface area contributed by atoms with Gasteiger partial charge in [0.2, 0.25) is 0 Å². The molecule has 0 heterocycles. The van der Waals surface area contributed by atoms with Crippen LogP contribution in [0.4, 0.5) is 4.39 Å². The minimum absolute atomic E-state index is 0.0273. The minimum Gasteiger partial charge on any atom is -0.327 e. The fourth-order valence-electron chi connectivity index (χ4n) is 1.79. The van der Waals surface area contributed by atoms with E-state index in [2.05, 4.69) is 0 Å². The highest BCUT2D eigenvalue weighted by Gasteiger charge is 2.07. The van der Waals surface area contributed by atoms with E-state index < -0.39 is 5.82 Å². The van der Waals surface area contributed by atoms with Crippen LogP contribution in [-0.4, -0.2) is 11.8 Å². The van der Waals surface area contributed by atoms with Gasteiger partial charge in [-0.1, -0.05) is 35.3 Å². The second-order valence-corrected chi connectivity index (χ2v) is 6.42. The zero-order valence-corrected chi connectivity index (χ0v) is 13.0. The quantitative estimate of drug-likeness (QED) is 0.798. The number of nitrogens with two attached hydrogens (primary N) is 1. The number of hydrogen-bond donors (Lipinski definition) is 1. The van der Waals surface area contributed by atoms with Gasteiger partial charge in [-0.15, -0.1) is 11.8 Å². The van der Waals surface area contributed by atoms with Crippen molar-refractivity contribution in [2.75, 3.05) is 5.75 Å². The maximum absolute atomic E-state index is 13.1. The highest BCUT2D eigenvalue weighted by Crippen LogP contribution is 2.23. The van der Waals surface area contributed by atoms with Crippen molar-refractivity contribution in [3.05, 3.63) is 63.9 Å². The van der Waals surface area contributed by atoms with E-state index in [0.717, 1.165) is 16.2 Å². The number of hydrogen-bond acceptors (Lipinski definition) is 2. The van der Waals surface area contributed by atoms with Crippen molar-refractivity contribution in [1.29, 1.82) is 0 Å². The van der Waals surface area contributed by atoms with Crippen molar-refractivity contribution < 1.29 is 4.39 Å². The Kier molecular flexibility index (Phi) is 5.73. The van der Waals surface area contributed by atoms with E-state index in [4.69, 9.17) is 28.9 Å². The Labute approximate surface area is 132 Å². The molecule has 2 rings (SSSR count). The fourth-order valence-corrected chi connectivity index (χ4v) is 3.16. The van der Waals surface area contributed by atoms with E-state index in [0.29, 0.717) is 11.4 Å². The second kappa shape index (κ2) is 7.32. The first-order valence-electron chi connectivity index (χ1n) is 6.12. The first kappa shape index (κ1) is 15.6. The van der Waals surface area contributed by atoms with Crippen LogP contribution >= 0.6 is 35.0 Å². The summed E-state index contributed by atoms with van der Waals surface area (Å²) in [6.07, 6.45) is 0.660. The monoisotopic (exact) mass is 329 g/mol. The van der Waals surface area contributed by atoms with E-state index in [-0.39, 0.29) is 11.1 Å². The minimum atomic E-state index is -0.405. The number of benzene rings is 2. The summed E-state index contributed by atoms with van der Waals surface area (Å²) in [4.78, 5) is 1.09. The normalized spacial score (nSPS) is 12.4. The molecule has 0 aliphatic carbocycles. The van der Waals surface area contributed by atoms with Crippen LogP contribution in [0.1, 0.15) is 5.56 Å². The topological polar surface area (TPSA) is 26.0 Å². The van der Waals surface area contributed by atoms with E-state index in [1.807, 2.05) is 24.3 Å². The first-order chi connectivity index (χ1) is 9.54. The number of halogens is 3. The molecule has 106 valence electrons. The lowest BCUT2D eigenvalue weighted by molar-refractivity contribution is 0.626. The molecular formula is C15H14Cl2FNS. The van der Waals surface area contributed by atoms with Crippen molar-refractivity contribution in [3.8, 4) is 0 Å².